The molecule has 0 radical (unpaired) electrons. The molecule has 2 amide bonds. The Morgan fingerprint density at radius 2 is 1.72 bits per heavy atom. The van der Waals surface area contributed by atoms with Crippen molar-refractivity contribution in [2.45, 2.75) is 13.8 Å². The topological polar surface area (TPSA) is 91.8 Å². The molecule has 1 fully saturated rings. The molecule has 1 N–H and O–H groups in total. The molecule has 29 heavy (non-hydrogen) atoms. The fourth-order valence-electron chi connectivity index (χ4n) is 3.12. The van der Waals surface area contributed by atoms with Gasteiger partial charge in [0.05, 0.1) is 29.7 Å². The van der Waals surface area contributed by atoms with Crippen LogP contribution in [0.2, 0.25) is 0 Å². The maximum absolute atomic E-state index is 12.6. The largest absolute Gasteiger partial charge is 0.462 e. The third-order valence-electron chi connectivity index (χ3n) is 4.70. The van der Waals surface area contributed by atoms with Gasteiger partial charge in [0.2, 0.25) is 5.91 Å². The summed E-state index contributed by atoms with van der Waals surface area (Å²) >= 11 is 0. The number of hydrogen-bond donors (Lipinski definition) is 1. The van der Waals surface area contributed by atoms with Gasteiger partial charge < -0.3 is 19.9 Å². The number of hydrogen-bond acceptors (Lipinski definition) is 6. The Bertz CT molecular complexity index is 890. The van der Waals surface area contributed by atoms with E-state index in [-0.39, 0.29) is 11.8 Å². The average Bonchev–Trinajstić information content (AvgIpc) is 2.74. The predicted octanol–water partition coefficient (Wildman–Crippen LogP) is 2.31. The highest BCUT2D eigenvalue weighted by molar-refractivity contribution is 5.96. The lowest BCUT2D eigenvalue weighted by Crippen LogP contribution is -2.50. The zero-order valence-corrected chi connectivity index (χ0v) is 16.6. The number of carbonyl (C=O) groups is 3. The molecule has 152 valence electrons. The van der Waals surface area contributed by atoms with Gasteiger partial charge in [0.15, 0.2) is 0 Å². The fourth-order valence-corrected chi connectivity index (χ4v) is 3.12. The van der Waals surface area contributed by atoms with Gasteiger partial charge >= 0.3 is 5.97 Å². The van der Waals surface area contributed by atoms with Crippen molar-refractivity contribution >= 4 is 29.2 Å². The first-order chi connectivity index (χ1) is 14.0. The van der Waals surface area contributed by atoms with Crippen molar-refractivity contribution in [2.24, 2.45) is 0 Å². The van der Waals surface area contributed by atoms with Gasteiger partial charge in [-0.25, -0.2) is 9.78 Å². The zero-order valence-electron chi connectivity index (χ0n) is 16.6. The van der Waals surface area contributed by atoms with Crippen LogP contribution in [0, 0.1) is 0 Å². The maximum atomic E-state index is 12.6. The fraction of sp³-hybridized carbons (Fsp3) is 0.333. The summed E-state index contributed by atoms with van der Waals surface area (Å²) in [7, 11) is 0. The number of pyridine rings is 1. The van der Waals surface area contributed by atoms with Crippen molar-refractivity contribution in [3.8, 4) is 0 Å². The third kappa shape index (κ3) is 4.90. The normalized spacial score (nSPS) is 13.7. The second kappa shape index (κ2) is 9.18. The van der Waals surface area contributed by atoms with E-state index < -0.39 is 5.97 Å². The molecule has 0 atom stereocenters. The zero-order chi connectivity index (χ0) is 20.8. The Morgan fingerprint density at radius 1 is 1.03 bits per heavy atom. The van der Waals surface area contributed by atoms with Gasteiger partial charge in [0.25, 0.3) is 5.91 Å². The van der Waals surface area contributed by atoms with E-state index in [1.165, 1.54) is 6.92 Å². The number of piperazine rings is 1. The van der Waals surface area contributed by atoms with E-state index >= 15 is 0 Å². The lowest BCUT2D eigenvalue weighted by molar-refractivity contribution is -0.130. The number of aromatic nitrogens is 1. The minimum absolute atomic E-state index is 0.0220. The molecule has 0 saturated carbocycles. The van der Waals surface area contributed by atoms with Crippen LogP contribution in [0.3, 0.4) is 0 Å². The molecule has 1 aromatic heterocycles. The Labute approximate surface area is 169 Å². The molecule has 1 aliphatic heterocycles. The summed E-state index contributed by atoms with van der Waals surface area (Å²) in [6, 6.07) is 10.4. The number of benzene rings is 1. The molecule has 2 heterocycles. The summed E-state index contributed by atoms with van der Waals surface area (Å²) in [4.78, 5) is 43.8. The van der Waals surface area contributed by atoms with Gasteiger partial charge in [0, 0.05) is 33.1 Å². The molecule has 8 nitrogen and oxygen atoms in total. The Hall–Kier alpha value is -3.42. The third-order valence-corrected chi connectivity index (χ3v) is 4.70. The number of amides is 2. The van der Waals surface area contributed by atoms with Gasteiger partial charge in [-0.15, -0.1) is 0 Å². The number of para-hydroxylation sites is 1. The highest BCUT2D eigenvalue weighted by Gasteiger charge is 2.24. The quantitative estimate of drug-likeness (QED) is 0.780. The van der Waals surface area contributed by atoms with Crippen molar-refractivity contribution in [1.29, 1.82) is 0 Å². The van der Waals surface area contributed by atoms with Crippen LogP contribution in [0.1, 0.15) is 34.7 Å². The number of rotatable bonds is 5. The SMILES string of the molecule is CCOC(=O)c1ccccc1Nc1ccc(C(=O)N2CCN(C(C)=O)CC2)nc1. The van der Waals surface area contributed by atoms with Crippen LogP contribution in [0.25, 0.3) is 0 Å². The molecule has 2 aromatic rings. The van der Waals surface area contributed by atoms with Crippen LogP contribution in [0.15, 0.2) is 42.6 Å². The van der Waals surface area contributed by atoms with Crippen LogP contribution in [0.4, 0.5) is 11.4 Å². The smallest absolute Gasteiger partial charge is 0.340 e. The summed E-state index contributed by atoms with van der Waals surface area (Å²) < 4.78 is 5.08. The van der Waals surface area contributed by atoms with E-state index in [0.29, 0.717) is 55.4 Å². The van der Waals surface area contributed by atoms with Crippen molar-refractivity contribution in [3.05, 3.63) is 53.9 Å². The van der Waals surface area contributed by atoms with Gasteiger partial charge in [-0.05, 0) is 31.2 Å². The van der Waals surface area contributed by atoms with Crippen LogP contribution in [0.5, 0.6) is 0 Å². The molecular formula is C21H24N4O4. The highest BCUT2D eigenvalue weighted by Crippen LogP contribution is 2.21. The molecule has 0 bridgehead atoms. The van der Waals surface area contributed by atoms with Crippen LogP contribution >= 0.6 is 0 Å². The first kappa shape index (κ1) is 20.3. The predicted molar refractivity (Wildman–Crippen MR) is 108 cm³/mol. The standard InChI is InChI=1S/C21H24N4O4/c1-3-29-21(28)17-6-4-5-7-18(17)23-16-8-9-19(22-14-16)20(27)25-12-10-24(11-13-25)15(2)26/h4-9,14,23H,3,10-13H2,1-2H3. The number of carbonyl (C=O) groups excluding carboxylic acids is 3. The minimum atomic E-state index is -0.403. The molecule has 0 aliphatic carbocycles. The lowest BCUT2D eigenvalue weighted by Gasteiger charge is -2.34. The molecule has 3 rings (SSSR count). The first-order valence-electron chi connectivity index (χ1n) is 9.53. The molecular weight excluding hydrogens is 372 g/mol. The van der Waals surface area contributed by atoms with E-state index in [9.17, 15) is 14.4 Å². The van der Waals surface area contributed by atoms with E-state index in [0.717, 1.165) is 0 Å². The van der Waals surface area contributed by atoms with Crippen molar-refractivity contribution in [1.82, 2.24) is 14.8 Å². The van der Waals surface area contributed by atoms with Crippen molar-refractivity contribution < 1.29 is 19.1 Å². The Morgan fingerprint density at radius 3 is 2.34 bits per heavy atom. The van der Waals surface area contributed by atoms with Gasteiger partial charge in [-0.1, -0.05) is 12.1 Å². The Kier molecular flexibility index (Phi) is 6.43. The maximum Gasteiger partial charge on any atom is 0.340 e. The van der Waals surface area contributed by atoms with Crippen molar-refractivity contribution in [2.75, 3.05) is 38.1 Å². The summed E-state index contributed by atoms with van der Waals surface area (Å²) in [5.41, 5.74) is 2.02. The number of nitrogens with zero attached hydrogens (tertiary/aromatic N) is 3. The number of esters is 1. The van der Waals surface area contributed by atoms with E-state index in [1.54, 1.807) is 53.3 Å². The molecule has 8 heteroatoms. The number of nitrogens with one attached hydrogen (secondary N) is 1. The summed E-state index contributed by atoms with van der Waals surface area (Å²) in [6.45, 7) is 5.64. The molecule has 0 spiro atoms. The minimum Gasteiger partial charge on any atom is -0.462 e. The first-order valence-corrected chi connectivity index (χ1v) is 9.53. The molecule has 1 aliphatic rings. The van der Waals surface area contributed by atoms with Gasteiger partial charge in [0.1, 0.15) is 5.69 Å². The average molecular weight is 396 g/mol. The Balaban J connectivity index is 1.66. The molecule has 0 unspecified atom stereocenters. The molecule has 1 saturated heterocycles. The van der Waals surface area contributed by atoms with Crippen molar-refractivity contribution in [3.63, 3.8) is 0 Å². The van der Waals surface area contributed by atoms with Gasteiger partial charge in [-0.3, -0.25) is 9.59 Å². The van der Waals surface area contributed by atoms with Crippen LogP contribution in [-0.2, 0) is 9.53 Å². The molecule has 1 aromatic carbocycles. The number of anilines is 2. The number of ether oxygens (including phenoxy) is 1. The summed E-state index contributed by atoms with van der Waals surface area (Å²) in [6.07, 6.45) is 1.56. The van der Waals surface area contributed by atoms with E-state index in [1.807, 2.05) is 6.07 Å². The highest BCUT2D eigenvalue weighted by atomic mass is 16.5. The summed E-state index contributed by atoms with van der Waals surface area (Å²) in [5.74, 6) is -0.541. The second-order valence-electron chi connectivity index (χ2n) is 6.62. The summed E-state index contributed by atoms with van der Waals surface area (Å²) in [5, 5.41) is 3.14. The van der Waals surface area contributed by atoms with Crippen LogP contribution < -0.4 is 5.32 Å². The van der Waals surface area contributed by atoms with Gasteiger partial charge in [-0.2, -0.15) is 0 Å². The monoisotopic (exact) mass is 396 g/mol. The lowest BCUT2D eigenvalue weighted by atomic mass is 10.1. The van der Waals surface area contributed by atoms with Crippen LogP contribution in [-0.4, -0.2) is 65.4 Å². The van der Waals surface area contributed by atoms with E-state index in [2.05, 4.69) is 10.3 Å². The second-order valence-corrected chi connectivity index (χ2v) is 6.62. The van der Waals surface area contributed by atoms with E-state index in [4.69, 9.17) is 4.74 Å².